The van der Waals surface area contributed by atoms with Gasteiger partial charge >= 0.3 is 5.97 Å². The second kappa shape index (κ2) is 12.0. The maximum atomic E-state index is 12.3. The van der Waals surface area contributed by atoms with Crippen LogP contribution in [-0.2, 0) is 16.2 Å². The molecule has 2 N–H and O–H groups in total. The van der Waals surface area contributed by atoms with Crippen LogP contribution >= 0.6 is 0 Å². The van der Waals surface area contributed by atoms with Gasteiger partial charge in [-0.05, 0) is 78.9 Å². The van der Waals surface area contributed by atoms with E-state index in [1.165, 1.54) is 11.1 Å². The molecule has 0 saturated carbocycles. The Morgan fingerprint density at radius 3 is 2.49 bits per heavy atom. The number of aryl methyl sites for hydroxylation is 2. The first-order valence-electron chi connectivity index (χ1n) is 11.7. The third-order valence-corrected chi connectivity index (χ3v) is 5.84. The molecule has 2 aromatic carbocycles. The number of aromatic nitrogens is 1. The number of nitrogens with zero attached hydrogens (tertiary/aromatic N) is 1. The largest absolute Gasteiger partial charge is 0.487 e. The zero-order chi connectivity index (χ0) is 25.4. The highest BCUT2D eigenvalue weighted by Gasteiger charge is 2.24. The maximum absolute atomic E-state index is 12.3. The monoisotopic (exact) mass is 472 g/mol. The Labute approximate surface area is 206 Å². The minimum absolute atomic E-state index is 0.0615. The Morgan fingerprint density at radius 2 is 1.77 bits per heavy atom. The summed E-state index contributed by atoms with van der Waals surface area (Å²) in [6.07, 6.45) is 3.76. The molecule has 1 unspecified atom stereocenters. The molecule has 3 rings (SSSR count). The normalized spacial score (nSPS) is 12.0. The van der Waals surface area contributed by atoms with Gasteiger partial charge in [0.2, 0.25) is 5.91 Å². The van der Waals surface area contributed by atoms with E-state index in [9.17, 15) is 14.7 Å². The number of amides is 1. The quantitative estimate of drug-likeness (QED) is 0.370. The lowest BCUT2D eigenvalue weighted by atomic mass is 9.92. The van der Waals surface area contributed by atoms with E-state index >= 15 is 0 Å². The van der Waals surface area contributed by atoms with Crippen LogP contribution in [0.15, 0.2) is 60.7 Å². The Bertz CT molecular complexity index is 1220. The number of carboxylic acids is 1. The molecule has 6 heteroatoms. The van der Waals surface area contributed by atoms with E-state index in [1.54, 1.807) is 19.9 Å². The molecule has 1 heterocycles. The van der Waals surface area contributed by atoms with Crippen LogP contribution in [-0.4, -0.2) is 22.0 Å². The lowest BCUT2D eigenvalue weighted by Gasteiger charge is -2.15. The Hall–Kier alpha value is -3.93. The van der Waals surface area contributed by atoms with Crippen molar-refractivity contribution in [1.29, 1.82) is 0 Å². The summed E-state index contributed by atoms with van der Waals surface area (Å²) in [5, 5.41) is 12.1. The van der Waals surface area contributed by atoms with Crippen molar-refractivity contribution < 1.29 is 19.4 Å². The second-order valence-corrected chi connectivity index (χ2v) is 8.99. The van der Waals surface area contributed by atoms with Crippen molar-refractivity contribution in [2.24, 2.45) is 11.8 Å². The summed E-state index contributed by atoms with van der Waals surface area (Å²) in [5.41, 5.74) is 5.54. The topological polar surface area (TPSA) is 88.5 Å². The summed E-state index contributed by atoms with van der Waals surface area (Å²) in [6.45, 7) is 8.11. The van der Waals surface area contributed by atoms with Crippen LogP contribution in [0.5, 0.6) is 5.75 Å². The SMILES string of the molecule is Cc1ccc(OCc2cccc(/C=C/c3cccc(NC(=O)CC(C(=O)O)C(C)C)c3)n2)cc1C. The van der Waals surface area contributed by atoms with Crippen LogP contribution in [0, 0.1) is 25.7 Å². The third-order valence-electron chi connectivity index (χ3n) is 5.84. The van der Waals surface area contributed by atoms with Crippen LogP contribution in [0.3, 0.4) is 0 Å². The maximum Gasteiger partial charge on any atom is 0.307 e. The van der Waals surface area contributed by atoms with Gasteiger partial charge in [-0.3, -0.25) is 9.59 Å². The average molecular weight is 473 g/mol. The number of rotatable bonds is 10. The first-order valence-corrected chi connectivity index (χ1v) is 11.7. The molecule has 0 radical (unpaired) electrons. The zero-order valence-electron chi connectivity index (χ0n) is 20.6. The van der Waals surface area contributed by atoms with Crippen molar-refractivity contribution in [2.75, 3.05) is 5.32 Å². The number of ether oxygens (including phenoxy) is 1. The number of benzene rings is 2. The zero-order valence-corrected chi connectivity index (χ0v) is 20.6. The summed E-state index contributed by atoms with van der Waals surface area (Å²) in [7, 11) is 0. The minimum Gasteiger partial charge on any atom is -0.487 e. The fourth-order valence-corrected chi connectivity index (χ4v) is 3.55. The molecule has 0 fully saturated rings. The number of carbonyl (C=O) groups is 2. The Morgan fingerprint density at radius 1 is 1.00 bits per heavy atom. The Kier molecular flexibility index (Phi) is 8.79. The number of carbonyl (C=O) groups excluding carboxylic acids is 1. The number of anilines is 1. The van der Waals surface area contributed by atoms with Gasteiger partial charge in [0.1, 0.15) is 12.4 Å². The molecular weight excluding hydrogens is 440 g/mol. The Balaban J connectivity index is 1.61. The molecule has 0 saturated heterocycles. The number of hydrogen-bond donors (Lipinski definition) is 2. The summed E-state index contributed by atoms with van der Waals surface area (Å²) in [5.74, 6) is -1.29. The molecule has 1 aromatic heterocycles. The van der Waals surface area contributed by atoms with Crippen LogP contribution in [0.25, 0.3) is 12.2 Å². The summed E-state index contributed by atoms with van der Waals surface area (Å²) in [6, 6.07) is 19.2. The van der Waals surface area contributed by atoms with E-state index in [-0.39, 0.29) is 18.2 Å². The van der Waals surface area contributed by atoms with Gasteiger partial charge in [0.15, 0.2) is 0 Å². The first-order chi connectivity index (χ1) is 16.7. The van der Waals surface area contributed by atoms with Crippen molar-refractivity contribution in [1.82, 2.24) is 4.98 Å². The molecule has 3 aromatic rings. The van der Waals surface area contributed by atoms with Gasteiger partial charge in [-0.15, -0.1) is 0 Å². The number of carboxylic acid groups (broad SMARTS) is 1. The lowest BCUT2D eigenvalue weighted by molar-refractivity contribution is -0.145. The van der Waals surface area contributed by atoms with Crippen LogP contribution in [0.2, 0.25) is 0 Å². The van der Waals surface area contributed by atoms with Gasteiger partial charge in [-0.25, -0.2) is 4.98 Å². The molecule has 182 valence electrons. The highest BCUT2D eigenvalue weighted by atomic mass is 16.5. The molecule has 1 atom stereocenters. The molecule has 0 aliphatic rings. The van der Waals surface area contributed by atoms with Gasteiger partial charge in [0.25, 0.3) is 0 Å². The van der Waals surface area contributed by atoms with Gasteiger partial charge in [0.05, 0.1) is 17.3 Å². The average Bonchev–Trinajstić information content (AvgIpc) is 2.82. The molecule has 0 bridgehead atoms. The van der Waals surface area contributed by atoms with Crippen molar-refractivity contribution in [3.05, 3.63) is 88.7 Å². The molecule has 0 aliphatic carbocycles. The smallest absolute Gasteiger partial charge is 0.307 e. The predicted molar refractivity (Wildman–Crippen MR) is 139 cm³/mol. The lowest BCUT2D eigenvalue weighted by Crippen LogP contribution is -2.26. The van der Waals surface area contributed by atoms with E-state index < -0.39 is 11.9 Å². The molecule has 35 heavy (non-hydrogen) atoms. The fraction of sp³-hybridized carbons (Fsp3) is 0.276. The standard InChI is InChI=1S/C29H32N2O4/c1-19(2)27(29(33)34)17-28(32)31-24-9-5-7-22(16-24)12-13-23-8-6-10-25(30-23)18-35-26-14-11-20(3)21(4)15-26/h5-16,19,27H,17-18H2,1-4H3,(H,31,32)(H,33,34)/b13-12+. The van der Waals surface area contributed by atoms with Gasteiger partial charge in [0, 0.05) is 12.1 Å². The molecule has 0 spiro atoms. The summed E-state index contributed by atoms with van der Waals surface area (Å²) >= 11 is 0. The van der Waals surface area contributed by atoms with E-state index in [2.05, 4.69) is 24.1 Å². The van der Waals surface area contributed by atoms with E-state index in [0.29, 0.717) is 12.3 Å². The van der Waals surface area contributed by atoms with Crippen molar-refractivity contribution >= 4 is 29.7 Å². The third kappa shape index (κ3) is 7.81. The molecular formula is C29H32N2O4. The highest BCUT2D eigenvalue weighted by molar-refractivity contribution is 5.93. The van der Waals surface area contributed by atoms with E-state index in [4.69, 9.17) is 4.74 Å². The molecule has 1 amide bonds. The highest BCUT2D eigenvalue weighted by Crippen LogP contribution is 2.19. The van der Waals surface area contributed by atoms with Crippen LogP contribution in [0.1, 0.15) is 48.3 Å². The van der Waals surface area contributed by atoms with Crippen molar-refractivity contribution in [2.45, 2.75) is 40.7 Å². The minimum atomic E-state index is -0.957. The van der Waals surface area contributed by atoms with E-state index in [0.717, 1.165) is 22.7 Å². The van der Waals surface area contributed by atoms with E-state index in [1.807, 2.05) is 66.7 Å². The predicted octanol–water partition coefficient (Wildman–Crippen LogP) is 6.13. The van der Waals surface area contributed by atoms with Gasteiger partial charge < -0.3 is 15.2 Å². The second-order valence-electron chi connectivity index (χ2n) is 8.99. The number of nitrogens with one attached hydrogen (secondary N) is 1. The summed E-state index contributed by atoms with van der Waals surface area (Å²) in [4.78, 5) is 28.3. The summed E-state index contributed by atoms with van der Waals surface area (Å²) < 4.78 is 5.89. The fourth-order valence-electron chi connectivity index (χ4n) is 3.55. The van der Waals surface area contributed by atoms with Gasteiger partial charge in [-0.2, -0.15) is 0 Å². The van der Waals surface area contributed by atoms with Crippen molar-refractivity contribution in [3.63, 3.8) is 0 Å². The molecule has 0 aliphatic heterocycles. The van der Waals surface area contributed by atoms with Crippen LogP contribution < -0.4 is 10.1 Å². The number of hydrogen-bond acceptors (Lipinski definition) is 4. The number of pyridine rings is 1. The van der Waals surface area contributed by atoms with Crippen molar-refractivity contribution in [3.8, 4) is 5.75 Å². The van der Waals surface area contributed by atoms with Crippen LogP contribution in [0.4, 0.5) is 5.69 Å². The van der Waals surface area contributed by atoms with Gasteiger partial charge in [-0.1, -0.05) is 44.2 Å². The first kappa shape index (κ1) is 25.7. The molecule has 6 nitrogen and oxygen atoms in total. The number of aliphatic carboxylic acids is 1.